The zero-order chi connectivity index (χ0) is 14.8. The van der Waals surface area contributed by atoms with Crippen LogP contribution in [0.25, 0.3) is 0 Å². The summed E-state index contributed by atoms with van der Waals surface area (Å²) in [6, 6.07) is 0. The van der Waals surface area contributed by atoms with Gasteiger partial charge >= 0.3 is 12.1 Å². The van der Waals surface area contributed by atoms with E-state index in [1.165, 1.54) is 13.4 Å². The molecule has 104 valence electrons. The Hall–Kier alpha value is -2.93. The fraction of sp³-hybridized carbons (Fsp3) is 0.308. The van der Waals surface area contributed by atoms with E-state index < -0.39 is 12.1 Å². The Morgan fingerprint density at radius 1 is 1.50 bits per heavy atom. The molecule has 0 aliphatic heterocycles. The van der Waals surface area contributed by atoms with Gasteiger partial charge in [0.25, 0.3) is 5.89 Å². The molecule has 7 nitrogen and oxygen atoms in total. The highest BCUT2D eigenvalue weighted by molar-refractivity contribution is 5.86. The van der Waals surface area contributed by atoms with Crippen molar-refractivity contribution in [3.63, 3.8) is 0 Å². The van der Waals surface area contributed by atoms with E-state index in [1.54, 1.807) is 0 Å². The molecule has 0 radical (unpaired) electrons. The van der Waals surface area contributed by atoms with E-state index >= 15 is 0 Å². The maximum absolute atomic E-state index is 10.7. The fourth-order valence-corrected chi connectivity index (χ4v) is 1.12. The quantitative estimate of drug-likeness (QED) is 0.775. The highest BCUT2D eigenvalue weighted by Gasteiger charge is 2.00. The number of amides is 1. The number of alkyl carbamates (subject to hydrolysis) is 1. The van der Waals surface area contributed by atoms with Crippen molar-refractivity contribution < 1.29 is 23.8 Å². The van der Waals surface area contributed by atoms with E-state index in [9.17, 15) is 9.59 Å². The molecule has 1 aromatic rings. The third kappa shape index (κ3) is 6.12. The number of nitrogens with one attached hydrogen (secondary N) is 1. The Labute approximate surface area is 115 Å². The molecular weight excluding hydrogens is 264 g/mol. The third-order valence-electron chi connectivity index (χ3n) is 1.96. The molecule has 7 heteroatoms. The minimum Gasteiger partial charge on any atom is -0.472 e. The Morgan fingerprint density at radius 2 is 2.30 bits per heavy atom. The number of ether oxygens (including phenoxy) is 1. The van der Waals surface area contributed by atoms with Crippen LogP contribution in [0.5, 0.6) is 0 Å². The largest absolute Gasteiger partial charge is 0.472 e. The number of hydrogen-bond acceptors (Lipinski definition) is 5. The number of carboxylic acids is 1. The minimum atomic E-state index is -1.16. The van der Waals surface area contributed by atoms with Crippen molar-refractivity contribution in [3.05, 3.63) is 17.8 Å². The molecule has 20 heavy (non-hydrogen) atoms. The van der Waals surface area contributed by atoms with Gasteiger partial charge in [0.1, 0.15) is 6.26 Å². The normalized spacial score (nSPS) is 8.65. The molecule has 0 aromatic carbocycles. The maximum atomic E-state index is 10.7. The first-order chi connectivity index (χ1) is 9.61. The van der Waals surface area contributed by atoms with Gasteiger partial charge in [0.15, 0.2) is 0 Å². The number of oxazole rings is 1. The van der Waals surface area contributed by atoms with Crippen LogP contribution in [0.15, 0.2) is 10.7 Å². The molecule has 1 aromatic heterocycles. The molecule has 0 saturated heterocycles. The first-order valence-electron chi connectivity index (χ1n) is 5.58. The molecule has 2 N–H and O–H groups in total. The zero-order valence-corrected chi connectivity index (χ0v) is 10.7. The van der Waals surface area contributed by atoms with Gasteiger partial charge in [-0.25, -0.2) is 14.6 Å². The average molecular weight is 276 g/mol. The lowest BCUT2D eigenvalue weighted by Gasteiger charge is -1.95. The molecule has 0 fully saturated rings. The van der Waals surface area contributed by atoms with Crippen LogP contribution in [0.4, 0.5) is 4.79 Å². The number of methoxy groups -OCH3 is 1. The van der Waals surface area contributed by atoms with Crippen molar-refractivity contribution in [2.75, 3.05) is 13.7 Å². The van der Waals surface area contributed by atoms with Gasteiger partial charge in [0, 0.05) is 18.8 Å². The standard InChI is InChI=1S/C13H12N2O5/c1-19-13(18)14-8-4-6-11-15-10(9-20-11)5-2-3-7-12(16)17/h9H,2,5,8H2,1H3,(H,14,18)(H,16,17). The smallest absolute Gasteiger partial charge is 0.407 e. The number of nitrogens with zero attached hydrogens (tertiary/aromatic N) is 1. The number of aryl methyl sites for hydroxylation is 1. The highest BCUT2D eigenvalue weighted by atomic mass is 16.5. The summed E-state index contributed by atoms with van der Waals surface area (Å²) in [7, 11) is 1.26. The summed E-state index contributed by atoms with van der Waals surface area (Å²) in [4.78, 5) is 25.0. The molecule has 0 aliphatic rings. The van der Waals surface area contributed by atoms with E-state index in [0.29, 0.717) is 18.5 Å². The van der Waals surface area contributed by atoms with Gasteiger partial charge in [-0.3, -0.25) is 0 Å². The average Bonchev–Trinajstić information content (AvgIpc) is 2.87. The number of carbonyl (C=O) groups is 2. The number of rotatable bonds is 3. The first-order valence-corrected chi connectivity index (χ1v) is 5.58. The zero-order valence-electron chi connectivity index (χ0n) is 10.7. The number of carbonyl (C=O) groups excluding carboxylic acids is 1. The van der Waals surface area contributed by atoms with Crippen LogP contribution in [0.2, 0.25) is 0 Å². The Balaban J connectivity index is 2.40. The van der Waals surface area contributed by atoms with Gasteiger partial charge in [0.05, 0.1) is 19.3 Å². The number of carboxylic acid groups (broad SMARTS) is 1. The van der Waals surface area contributed by atoms with Crippen LogP contribution >= 0.6 is 0 Å². The molecule has 0 bridgehead atoms. The summed E-state index contributed by atoms with van der Waals surface area (Å²) in [5.74, 6) is 8.82. The lowest BCUT2D eigenvalue weighted by Crippen LogP contribution is -2.22. The van der Waals surface area contributed by atoms with Crippen molar-refractivity contribution in [1.29, 1.82) is 0 Å². The van der Waals surface area contributed by atoms with Crippen LogP contribution in [0, 0.1) is 23.7 Å². The van der Waals surface area contributed by atoms with Crippen molar-refractivity contribution in [1.82, 2.24) is 10.3 Å². The highest BCUT2D eigenvalue weighted by Crippen LogP contribution is 2.02. The summed E-state index contributed by atoms with van der Waals surface area (Å²) < 4.78 is 9.45. The van der Waals surface area contributed by atoms with Crippen molar-refractivity contribution in [2.45, 2.75) is 12.8 Å². The van der Waals surface area contributed by atoms with Crippen LogP contribution in [-0.2, 0) is 16.0 Å². The summed E-state index contributed by atoms with van der Waals surface area (Å²) in [5, 5.41) is 10.7. The molecule has 0 aliphatic carbocycles. The molecule has 1 amide bonds. The van der Waals surface area contributed by atoms with Gasteiger partial charge in [0.2, 0.25) is 0 Å². The second kappa shape index (κ2) is 8.22. The molecular formula is C13H12N2O5. The molecule has 0 saturated carbocycles. The molecule has 1 rings (SSSR count). The van der Waals surface area contributed by atoms with Crippen LogP contribution in [0.3, 0.4) is 0 Å². The summed E-state index contributed by atoms with van der Waals surface area (Å²) >= 11 is 0. The van der Waals surface area contributed by atoms with E-state index in [0.717, 1.165) is 0 Å². The van der Waals surface area contributed by atoms with Gasteiger partial charge in [-0.15, -0.1) is 0 Å². The predicted molar refractivity (Wildman–Crippen MR) is 67.5 cm³/mol. The van der Waals surface area contributed by atoms with E-state index in [4.69, 9.17) is 9.52 Å². The second-order valence-electron chi connectivity index (χ2n) is 3.40. The molecule has 0 unspecified atom stereocenters. The minimum absolute atomic E-state index is 0.120. The van der Waals surface area contributed by atoms with Gasteiger partial charge in [-0.1, -0.05) is 11.8 Å². The van der Waals surface area contributed by atoms with Crippen molar-refractivity contribution >= 4 is 12.1 Å². The van der Waals surface area contributed by atoms with Crippen LogP contribution in [0.1, 0.15) is 18.0 Å². The topological polar surface area (TPSA) is 102 Å². The van der Waals surface area contributed by atoms with Crippen molar-refractivity contribution in [3.8, 4) is 23.7 Å². The van der Waals surface area contributed by atoms with E-state index in [2.05, 4.69) is 32.8 Å². The Kier molecular flexibility index (Phi) is 6.22. The second-order valence-corrected chi connectivity index (χ2v) is 3.40. The summed E-state index contributed by atoms with van der Waals surface area (Å²) in [6.07, 6.45) is 1.71. The third-order valence-corrected chi connectivity index (χ3v) is 1.96. The summed E-state index contributed by atoms with van der Waals surface area (Å²) in [6.45, 7) is 0.120. The molecule has 0 spiro atoms. The Morgan fingerprint density at radius 3 is 3.00 bits per heavy atom. The van der Waals surface area contributed by atoms with Crippen molar-refractivity contribution in [2.24, 2.45) is 0 Å². The number of hydrogen-bond donors (Lipinski definition) is 2. The Bertz CT molecular complexity index is 598. The van der Waals surface area contributed by atoms with Gasteiger partial charge in [-0.05, 0) is 5.92 Å². The fourth-order valence-electron chi connectivity index (χ4n) is 1.12. The first kappa shape index (κ1) is 15.1. The molecule has 1 heterocycles. The van der Waals surface area contributed by atoms with E-state index in [-0.39, 0.29) is 12.4 Å². The van der Waals surface area contributed by atoms with Crippen LogP contribution < -0.4 is 5.32 Å². The SMILES string of the molecule is COC(=O)NCC#Cc1nc(CCC#CC(=O)O)co1. The van der Waals surface area contributed by atoms with Gasteiger partial charge in [-0.2, -0.15) is 0 Å². The molecule has 0 atom stereocenters. The van der Waals surface area contributed by atoms with Gasteiger partial charge < -0.3 is 19.6 Å². The number of aromatic nitrogens is 1. The summed E-state index contributed by atoms with van der Waals surface area (Å²) in [5.41, 5.74) is 0.634. The lowest BCUT2D eigenvalue weighted by molar-refractivity contribution is -0.130. The van der Waals surface area contributed by atoms with E-state index in [1.807, 2.05) is 5.92 Å². The monoisotopic (exact) mass is 276 g/mol. The predicted octanol–water partition coefficient (Wildman–Crippen LogP) is 0.403. The van der Waals surface area contributed by atoms with Crippen LogP contribution in [-0.4, -0.2) is 35.8 Å². The lowest BCUT2D eigenvalue weighted by atomic mass is 10.2. The maximum Gasteiger partial charge on any atom is 0.407 e. The number of aliphatic carboxylic acids is 1.